The van der Waals surface area contributed by atoms with Crippen LogP contribution in [-0.4, -0.2) is 12.7 Å². The van der Waals surface area contributed by atoms with E-state index in [2.05, 4.69) is 13.8 Å². The molecule has 0 N–H and O–H groups in total. The third-order valence-electron chi connectivity index (χ3n) is 3.16. The molecule has 0 spiro atoms. The summed E-state index contributed by atoms with van der Waals surface area (Å²) in [6.07, 6.45) is 3.29. The van der Waals surface area contributed by atoms with Crippen LogP contribution in [0.25, 0.3) is 0 Å². The molecular weight excluding hydrogens is 112 g/mol. The Morgan fingerprint density at radius 3 is 2.22 bits per heavy atom. The van der Waals surface area contributed by atoms with Gasteiger partial charge in [0, 0.05) is 0 Å². The van der Waals surface area contributed by atoms with Gasteiger partial charge in [-0.05, 0) is 24.2 Å². The van der Waals surface area contributed by atoms with E-state index in [0.717, 1.165) is 12.5 Å². The molecule has 0 radical (unpaired) electrons. The summed E-state index contributed by atoms with van der Waals surface area (Å²) in [6, 6.07) is 0. The Bertz CT molecular complexity index is 107. The van der Waals surface area contributed by atoms with Gasteiger partial charge >= 0.3 is 0 Å². The highest BCUT2D eigenvalue weighted by Gasteiger charge is 2.48. The summed E-state index contributed by atoms with van der Waals surface area (Å²) in [6.45, 7) is 5.70. The van der Waals surface area contributed by atoms with Gasteiger partial charge in [-0.1, -0.05) is 13.8 Å². The molecule has 9 heavy (non-hydrogen) atoms. The van der Waals surface area contributed by atoms with E-state index < -0.39 is 0 Å². The Hall–Kier alpha value is -0.0400. The van der Waals surface area contributed by atoms with Gasteiger partial charge in [-0.3, -0.25) is 0 Å². The molecule has 0 aromatic carbocycles. The zero-order valence-corrected chi connectivity index (χ0v) is 6.18. The van der Waals surface area contributed by atoms with E-state index in [0.29, 0.717) is 11.5 Å². The van der Waals surface area contributed by atoms with Crippen molar-refractivity contribution < 1.29 is 4.74 Å². The molecule has 1 heterocycles. The summed E-state index contributed by atoms with van der Waals surface area (Å²) < 4.78 is 5.57. The molecule has 2 rings (SSSR count). The normalized spacial score (nSPS) is 46.0. The zero-order valence-electron chi connectivity index (χ0n) is 6.18. The molecule has 52 valence electrons. The van der Waals surface area contributed by atoms with Crippen molar-refractivity contribution in [3.8, 4) is 0 Å². The maximum atomic E-state index is 5.57. The van der Waals surface area contributed by atoms with Crippen molar-refractivity contribution in [2.24, 2.45) is 11.3 Å². The first-order valence-electron chi connectivity index (χ1n) is 3.83. The fourth-order valence-electron chi connectivity index (χ4n) is 2.19. The fourth-order valence-corrected chi connectivity index (χ4v) is 2.19. The van der Waals surface area contributed by atoms with Crippen molar-refractivity contribution in [1.82, 2.24) is 0 Å². The second kappa shape index (κ2) is 1.51. The van der Waals surface area contributed by atoms with Crippen LogP contribution in [0, 0.1) is 11.3 Å². The lowest BCUT2D eigenvalue weighted by Gasteiger charge is -2.20. The van der Waals surface area contributed by atoms with E-state index in [-0.39, 0.29) is 0 Å². The van der Waals surface area contributed by atoms with Gasteiger partial charge in [-0.2, -0.15) is 0 Å². The second-order valence-corrected chi connectivity index (χ2v) is 3.92. The first-order chi connectivity index (χ1) is 4.21. The highest BCUT2D eigenvalue weighted by atomic mass is 16.5. The molecule has 1 aliphatic carbocycles. The smallest absolute Gasteiger partial charge is 0.0629 e. The topological polar surface area (TPSA) is 9.23 Å². The van der Waals surface area contributed by atoms with Crippen molar-refractivity contribution >= 4 is 0 Å². The number of hydrogen-bond donors (Lipinski definition) is 0. The SMILES string of the molecule is CC1(C)C2CCC1OC2. The highest BCUT2D eigenvalue weighted by molar-refractivity contribution is 4.97. The fraction of sp³-hybridized carbons (Fsp3) is 1.00. The zero-order chi connectivity index (χ0) is 6.48. The first kappa shape index (κ1) is 5.72. The molecule has 1 saturated heterocycles. The molecule has 1 nitrogen and oxygen atoms in total. The Morgan fingerprint density at radius 1 is 1.33 bits per heavy atom. The number of hydrogen-bond acceptors (Lipinski definition) is 1. The third-order valence-corrected chi connectivity index (χ3v) is 3.16. The summed E-state index contributed by atoms with van der Waals surface area (Å²) in [7, 11) is 0. The van der Waals surface area contributed by atoms with Crippen LogP contribution in [0.15, 0.2) is 0 Å². The summed E-state index contributed by atoms with van der Waals surface area (Å²) in [5.41, 5.74) is 0.500. The molecular formula is C8H14O. The molecule has 2 fully saturated rings. The van der Waals surface area contributed by atoms with E-state index in [1.807, 2.05) is 0 Å². The molecule has 2 aliphatic rings. The molecule has 0 amide bonds. The Kier molecular flexibility index (Phi) is 0.963. The van der Waals surface area contributed by atoms with E-state index >= 15 is 0 Å². The van der Waals surface area contributed by atoms with Crippen LogP contribution < -0.4 is 0 Å². The summed E-state index contributed by atoms with van der Waals surface area (Å²) in [4.78, 5) is 0. The van der Waals surface area contributed by atoms with Gasteiger partial charge in [-0.25, -0.2) is 0 Å². The predicted octanol–water partition coefficient (Wildman–Crippen LogP) is 1.82. The predicted molar refractivity (Wildman–Crippen MR) is 36.2 cm³/mol. The number of rotatable bonds is 0. The lowest BCUT2D eigenvalue weighted by molar-refractivity contribution is 0.0571. The number of fused-ring (bicyclic) bond motifs is 2. The summed E-state index contributed by atoms with van der Waals surface area (Å²) in [5, 5.41) is 0. The molecule has 2 bridgehead atoms. The molecule has 0 aromatic heterocycles. The standard InChI is InChI=1S/C8H14O/c1-8(2)6-3-4-7(8)9-5-6/h6-7H,3-5H2,1-2H3. The third kappa shape index (κ3) is 0.586. The Morgan fingerprint density at radius 2 is 2.11 bits per heavy atom. The minimum absolute atomic E-state index is 0.500. The van der Waals surface area contributed by atoms with Crippen molar-refractivity contribution in [3.05, 3.63) is 0 Å². The van der Waals surface area contributed by atoms with Gasteiger partial charge in [0.15, 0.2) is 0 Å². The molecule has 2 unspecified atom stereocenters. The minimum atomic E-state index is 0.500. The second-order valence-electron chi connectivity index (χ2n) is 3.92. The van der Waals surface area contributed by atoms with Crippen LogP contribution >= 0.6 is 0 Å². The maximum Gasteiger partial charge on any atom is 0.0629 e. The largest absolute Gasteiger partial charge is 0.377 e. The molecule has 2 atom stereocenters. The Labute approximate surface area is 56.4 Å². The average molecular weight is 126 g/mol. The molecule has 0 aromatic rings. The Balaban J connectivity index is 2.26. The average Bonchev–Trinajstić information content (AvgIpc) is 2.24. The first-order valence-corrected chi connectivity index (χ1v) is 3.83. The molecule has 1 heteroatoms. The quantitative estimate of drug-likeness (QED) is 0.481. The lowest BCUT2D eigenvalue weighted by Crippen LogP contribution is -2.21. The highest BCUT2D eigenvalue weighted by Crippen LogP contribution is 2.49. The van der Waals surface area contributed by atoms with Gasteiger partial charge < -0.3 is 4.74 Å². The van der Waals surface area contributed by atoms with E-state index in [1.54, 1.807) is 0 Å². The van der Waals surface area contributed by atoms with Crippen molar-refractivity contribution in [2.75, 3.05) is 6.61 Å². The van der Waals surface area contributed by atoms with Gasteiger partial charge in [0.2, 0.25) is 0 Å². The van der Waals surface area contributed by atoms with Gasteiger partial charge in [0.05, 0.1) is 12.7 Å². The van der Waals surface area contributed by atoms with Crippen molar-refractivity contribution in [2.45, 2.75) is 32.8 Å². The monoisotopic (exact) mass is 126 g/mol. The van der Waals surface area contributed by atoms with Crippen LogP contribution in [0.3, 0.4) is 0 Å². The summed E-state index contributed by atoms with van der Waals surface area (Å²) in [5.74, 6) is 0.863. The molecule has 1 saturated carbocycles. The van der Waals surface area contributed by atoms with Crippen LogP contribution in [0.4, 0.5) is 0 Å². The number of ether oxygens (including phenoxy) is 1. The van der Waals surface area contributed by atoms with Crippen LogP contribution in [0.2, 0.25) is 0 Å². The van der Waals surface area contributed by atoms with Crippen LogP contribution in [0.5, 0.6) is 0 Å². The van der Waals surface area contributed by atoms with Crippen LogP contribution in [-0.2, 0) is 4.74 Å². The lowest BCUT2D eigenvalue weighted by atomic mass is 9.83. The maximum absolute atomic E-state index is 5.57. The van der Waals surface area contributed by atoms with E-state index in [1.165, 1.54) is 12.8 Å². The van der Waals surface area contributed by atoms with Crippen molar-refractivity contribution in [3.63, 3.8) is 0 Å². The van der Waals surface area contributed by atoms with Crippen LogP contribution in [0.1, 0.15) is 26.7 Å². The minimum Gasteiger partial charge on any atom is -0.377 e. The molecule has 1 aliphatic heterocycles. The van der Waals surface area contributed by atoms with Gasteiger partial charge in [0.25, 0.3) is 0 Å². The van der Waals surface area contributed by atoms with Crippen molar-refractivity contribution in [1.29, 1.82) is 0 Å². The van der Waals surface area contributed by atoms with E-state index in [4.69, 9.17) is 4.74 Å². The van der Waals surface area contributed by atoms with E-state index in [9.17, 15) is 0 Å². The summed E-state index contributed by atoms with van der Waals surface area (Å²) >= 11 is 0. The van der Waals surface area contributed by atoms with Gasteiger partial charge in [-0.15, -0.1) is 0 Å². The van der Waals surface area contributed by atoms with Gasteiger partial charge in [0.1, 0.15) is 0 Å².